The number of rotatable bonds is 6. The molecule has 0 aromatic heterocycles. The maximum atomic E-state index is 12.9. The van der Waals surface area contributed by atoms with Crippen LogP contribution in [0.3, 0.4) is 0 Å². The van der Waals surface area contributed by atoms with Gasteiger partial charge in [0.05, 0.1) is 25.5 Å². The van der Waals surface area contributed by atoms with Crippen molar-refractivity contribution in [1.29, 1.82) is 5.26 Å². The predicted molar refractivity (Wildman–Crippen MR) is 137 cm³/mol. The van der Waals surface area contributed by atoms with Crippen LogP contribution in [0.5, 0.6) is 5.75 Å². The number of hydrogen-bond acceptors (Lipinski definition) is 5. The van der Waals surface area contributed by atoms with Crippen LogP contribution in [0.1, 0.15) is 48.8 Å². The lowest BCUT2D eigenvalue weighted by Gasteiger charge is -2.25. The van der Waals surface area contributed by atoms with Crippen molar-refractivity contribution >= 4 is 60.8 Å². The Morgan fingerprint density at radius 3 is 2.52 bits per heavy atom. The number of nitrogens with zero attached hydrogens (tertiary/aromatic N) is 2. The van der Waals surface area contributed by atoms with Crippen LogP contribution in [0.25, 0.3) is 6.08 Å². The van der Waals surface area contributed by atoms with Crippen LogP contribution in [-0.4, -0.2) is 22.6 Å². The zero-order chi connectivity index (χ0) is 23.4. The molecule has 8 heteroatoms. The summed E-state index contributed by atoms with van der Waals surface area (Å²) in [7, 11) is 0. The number of halogens is 2. The predicted octanol–water partition coefficient (Wildman–Crippen LogP) is 7.28. The molecule has 2 amide bonds. The highest BCUT2D eigenvalue weighted by atomic mass is 79.9. The molecule has 0 N–H and O–H groups in total. The minimum Gasteiger partial charge on any atom is -0.486 e. The summed E-state index contributed by atoms with van der Waals surface area (Å²) in [6.07, 6.45) is 7.51. The van der Waals surface area contributed by atoms with Gasteiger partial charge in [-0.25, -0.2) is 0 Å². The lowest BCUT2D eigenvalue weighted by atomic mass is 9.89. The summed E-state index contributed by atoms with van der Waals surface area (Å²) in [4.78, 5) is 27.2. The summed E-state index contributed by atoms with van der Waals surface area (Å²) in [6, 6.07) is 13.2. The topological polar surface area (TPSA) is 70.4 Å². The van der Waals surface area contributed by atoms with Gasteiger partial charge in [-0.15, -0.1) is 0 Å². The molecule has 0 atom stereocenters. The standard InChI is InChI=1S/C25H22Br2N2O3S/c26-20-10-17(11-21(27)23(20)32-15-19-9-5-4-8-18(19)13-28)12-22-24(30)29(25(31)33-22)14-16-6-2-1-3-7-16/h4-5,8-12,16H,1-3,6-7,14-15H2/b22-12+. The molecule has 2 fully saturated rings. The third-order valence-corrected chi connectivity index (χ3v) is 7.95. The van der Waals surface area contributed by atoms with E-state index >= 15 is 0 Å². The van der Waals surface area contributed by atoms with Crippen LogP contribution in [0.2, 0.25) is 0 Å². The third kappa shape index (κ3) is 5.71. The number of imide groups is 1. The van der Waals surface area contributed by atoms with Crippen molar-refractivity contribution in [1.82, 2.24) is 4.90 Å². The molecular weight excluding hydrogens is 568 g/mol. The Labute approximate surface area is 214 Å². The second-order valence-corrected chi connectivity index (χ2v) is 10.9. The van der Waals surface area contributed by atoms with Gasteiger partial charge in [0.15, 0.2) is 0 Å². The third-order valence-electron chi connectivity index (χ3n) is 5.87. The largest absolute Gasteiger partial charge is 0.486 e. The van der Waals surface area contributed by atoms with E-state index in [-0.39, 0.29) is 17.8 Å². The number of thioether (sulfide) groups is 1. The van der Waals surface area contributed by atoms with E-state index in [1.165, 1.54) is 24.2 Å². The molecule has 4 rings (SSSR count). The minimum atomic E-state index is -0.212. The van der Waals surface area contributed by atoms with Crippen LogP contribution in [0, 0.1) is 17.2 Å². The van der Waals surface area contributed by atoms with Crippen molar-refractivity contribution in [2.24, 2.45) is 5.92 Å². The molecular formula is C25H22Br2N2O3S. The number of nitriles is 1. The summed E-state index contributed by atoms with van der Waals surface area (Å²) in [5.74, 6) is 0.805. The van der Waals surface area contributed by atoms with Gasteiger partial charge >= 0.3 is 0 Å². The zero-order valence-electron chi connectivity index (χ0n) is 17.9. The van der Waals surface area contributed by atoms with Crippen molar-refractivity contribution in [3.05, 3.63) is 66.9 Å². The van der Waals surface area contributed by atoms with Gasteiger partial charge < -0.3 is 4.74 Å². The van der Waals surface area contributed by atoms with E-state index in [1.807, 2.05) is 30.3 Å². The first kappa shape index (κ1) is 24.1. The molecule has 0 spiro atoms. The van der Waals surface area contributed by atoms with Crippen LogP contribution in [0.15, 0.2) is 50.2 Å². The molecule has 170 valence electrons. The second-order valence-electron chi connectivity index (χ2n) is 8.17. The highest BCUT2D eigenvalue weighted by molar-refractivity contribution is 9.11. The van der Waals surface area contributed by atoms with E-state index in [9.17, 15) is 14.9 Å². The minimum absolute atomic E-state index is 0.189. The monoisotopic (exact) mass is 588 g/mol. The number of benzene rings is 2. The molecule has 0 radical (unpaired) electrons. The van der Waals surface area contributed by atoms with Gasteiger partial charge in [-0.3, -0.25) is 14.5 Å². The number of hydrogen-bond donors (Lipinski definition) is 0. The second kappa shape index (κ2) is 10.9. The Kier molecular flexibility index (Phi) is 7.94. The van der Waals surface area contributed by atoms with E-state index in [4.69, 9.17) is 4.74 Å². The average molecular weight is 590 g/mol. The van der Waals surface area contributed by atoms with E-state index in [2.05, 4.69) is 37.9 Å². The van der Waals surface area contributed by atoms with E-state index in [0.717, 1.165) is 35.7 Å². The fourth-order valence-corrected chi connectivity index (χ4v) is 6.44. The Bertz CT molecular complexity index is 1130. The van der Waals surface area contributed by atoms with Gasteiger partial charge in [0.1, 0.15) is 12.4 Å². The number of carbonyl (C=O) groups excluding carboxylic acids is 2. The molecule has 2 aromatic rings. The first-order valence-electron chi connectivity index (χ1n) is 10.8. The molecule has 5 nitrogen and oxygen atoms in total. The summed E-state index contributed by atoms with van der Waals surface area (Å²) in [6.45, 7) is 0.771. The Balaban J connectivity index is 1.48. The molecule has 2 aliphatic rings. The van der Waals surface area contributed by atoms with Gasteiger partial charge in [-0.05, 0) is 92.2 Å². The van der Waals surface area contributed by atoms with Gasteiger partial charge in [0, 0.05) is 12.1 Å². The Hall–Kier alpha value is -2.08. The average Bonchev–Trinajstić information content (AvgIpc) is 3.06. The fourth-order valence-electron chi connectivity index (χ4n) is 4.14. The first-order valence-corrected chi connectivity index (χ1v) is 13.2. The number of ether oxygens (including phenoxy) is 1. The lowest BCUT2D eigenvalue weighted by Crippen LogP contribution is -2.34. The van der Waals surface area contributed by atoms with Gasteiger partial charge in [-0.1, -0.05) is 37.5 Å². The van der Waals surface area contributed by atoms with E-state index in [1.54, 1.807) is 12.1 Å². The smallest absolute Gasteiger partial charge is 0.293 e. The quantitative estimate of drug-likeness (QED) is 0.331. The van der Waals surface area contributed by atoms with Crippen molar-refractivity contribution in [2.75, 3.05) is 6.54 Å². The van der Waals surface area contributed by atoms with Gasteiger partial charge in [-0.2, -0.15) is 5.26 Å². The molecule has 1 saturated heterocycles. The molecule has 1 aliphatic heterocycles. The summed E-state index contributed by atoms with van der Waals surface area (Å²) in [5.41, 5.74) is 2.15. The van der Waals surface area contributed by atoms with Crippen molar-refractivity contribution in [3.8, 4) is 11.8 Å². The fraction of sp³-hybridized carbons (Fsp3) is 0.320. The number of amides is 2. The number of carbonyl (C=O) groups is 2. The van der Waals surface area contributed by atoms with Crippen LogP contribution in [0.4, 0.5) is 4.79 Å². The highest BCUT2D eigenvalue weighted by Crippen LogP contribution is 2.39. The lowest BCUT2D eigenvalue weighted by molar-refractivity contribution is -0.123. The SMILES string of the molecule is N#Cc1ccccc1COc1c(Br)cc(/C=C2/SC(=O)N(CC3CCCCC3)C2=O)cc1Br. The maximum Gasteiger partial charge on any atom is 0.293 e. The Morgan fingerprint density at radius 1 is 1.12 bits per heavy atom. The van der Waals surface area contributed by atoms with E-state index in [0.29, 0.717) is 37.6 Å². The molecule has 0 bridgehead atoms. The summed E-state index contributed by atoms with van der Waals surface area (Å²) < 4.78 is 7.38. The van der Waals surface area contributed by atoms with Crippen molar-refractivity contribution < 1.29 is 14.3 Å². The molecule has 0 unspecified atom stereocenters. The molecule has 2 aromatic carbocycles. The Morgan fingerprint density at radius 2 is 1.82 bits per heavy atom. The van der Waals surface area contributed by atoms with E-state index < -0.39 is 0 Å². The molecule has 33 heavy (non-hydrogen) atoms. The summed E-state index contributed by atoms with van der Waals surface area (Å²) >= 11 is 8.08. The highest BCUT2D eigenvalue weighted by Gasteiger charge is 2.36. The van der Waals surface area contributed by atoms with Gasteiger partial charge in [0.25, 0.3) is 11.1 Å². The normalized spacial score (nSPS) is 18.1. The van der Waals surface area contributed by atoms with Crippen molar-refractivity contribution in [3.63, 3.8) is 0 Å². The zero-order valence-corrected chi connectivity index (χ0v) is 21.8. The molecule has 1 aliphatic carbocycles. The van der Waals surface area contributed by atoms with Gasteiger partial charge in [0.2, 0.25) is 0 Å². The van der Waals surface area contributed by atoms with Crippen molar-refractivity contribution in [2.45, 2.75) is 38.7 Å². The van der Waals surface area contributed by atoms with Crippen LogP contribution >= 0.6 is 43.6 Å². The first-order chi connectivity index (χ1) is 16.0. The molecule has 1 heterocycles. The van der Waals surface area contributed by atoms with Crippen LogP contribution in [-0.2, 0) is 11.4 Å². The maximum absolute atomic E-state index is 12.9. The molecule has 1 saturated carbocycles. The van der Waals surface area contributed by atoms with Crippen LogP contribution < -0.4 is 4.74 Å². The summed E-state index contributed by atoms with van der Waals surface area (Å²) in [5, 5.41) is 9.07.